The predicted molar refractivity (Wildman–Crippen MR) is 99.8 cm³/mol. The van der Waals surface area contributed by atoms with Gasteiger partial charge in [-0.25, -0.2) is 14.6 Å². The number of fused-ring (bicyclic) bond motifs is 1. The number of allylic oxidation sites excluding steroid dienone is 1. The monoisotopic (exact) mass is 386 g/mol. The molecule has 3 rings (SSSR count). The molecule has 140 valence electrons. The number of hydrogen-bond donors (Lipinski definition) is 0. The first-order valence-corrected chi connectivity index (χ1v) is 9.12. The maximum Gasteiger partial charge on any atom is 0.338 e. The fourth-order valence-corrected chi connectivity index (χ4v) is 3.91. The summed E-state index contributed by atoms with van der Waals surface area (Å²) in [5, 5.41) is 0. The molecule has 0 spiro atoms. The Morgan fingerprint density at radius 3 is 2.63 bits per heavy atom. The normalized spacial score (nSPS) is 16.6. The molecule has 0 radical (unpaired) electrons. The average Bonchev–Trinajstić information content (AvgIpc) is 2.96. The topological polar surface area (TPSA) is 87.0 Å². The summed E-state index contributed by atoms with van der Waals surface area (Å²) in [7, 11) is 1.24. The molecule has 27 heavy (non-hydrogen) atoms. The van der Waals surface area contributed by atoms with Gasteiger partial charge in [-0.1, -0.05) is 41.7 Å². The predicted octanol–water partition coefficient (Wildman–Crippen LogP) is 0.923. The van der Waals surface area contributed by atoms with Crippen molar-refractivity contribution < 1.29 is 19.1 Å². The van der Waals surface area contributed by atoms with Gasteiger partial charge in [-0.05, 0) is 19.4 Å². The molecule has 0 N–H and O–H groups in total. The van der Waals surface area contributed by atoms with Gasteiger partial charge in [0, 0.05) is 6.08 Å². The Labute approximate surface area is 158 Å². The van der Waals surface area contributed by atoms with Crippen LogP contribution in [0.5, 0.6) is 0 Å². The van der Waals surface area contributed by atoms with Crippen LogP contribution in [0.25, 0.3) is 6.08 Å². The summed E-state index contributed by atoms with van der Waals surface area (Å²) < 4.78 is 11.4. The minimum atomic E-state index is -0.679. The van der Waals surface area contributed by atoms with E-state index in [1.54, 1.807) is 13.8 Å². The summed E-state index contributed by atoms with van der Waals surface area (Å²) in [6, 6.07) is 8.50. The van der Waals surface area contributed by atoms with E-state index in [2.05, 4.69) is 9.73 Å². The van der Waals surface area contributed by atoms with Crippen molar-refractivity contribution >= 4 is 29.4 Å². The van der Waals surface area contributed by atoms with Crippen LogP contribution in [0.15, 0.2) is 51.4 Å². The number of aromatic nitrogens is 1. The van der Waals surface area contributed by atoms with E-state index in [0.717, 1.165) is 23.0 Å². The van der Waals surface area contributed by atoms with Crippen molar-refractivity contribution in [2.24, 2.45) is 4.99 Å². The summed E-state index contributed by atoms with van der Waals surface area (Å²) in [6.45, 7) is 3.64. The minimum absolute atomic E-state index is 0.194. The van der Waals surface area contributed by atoms with Crippen LogP contribution in [0.3, 0.4) is 0 Å². The SMILES string of the molecule is CCOC(=O)C1=C(C)N=c2sc(=CC(=O)OC)c(=O)n2C1c1ccccc1. The van der Waals surface area contributed by atoms with Crippen LogP contribution < -0.4 is 14.9 Å². The van der Waals surface area contributed by atoms with Crippen molar-refractivity contribution in [2.75, 3.05) is 13.7 Å². The third kappa shape index (κ3) is 3.48. The first kappa shape index (κ1) is 18.8. The van der Waals surface area contributed by atoms with Crippen LogP contribution in [0.4, 0.5) is 0 Å². The number of methoxy groups -OCH3 is 1. The second kappa shape index (κ2) is 7.71. The second-order valence-electron chi connectivity index (χ2n) is 5.74. The maximum atomic E-state index is 13.0. The van der Waals surface area contributed by atoms with Gasteiger partial charge in [-0.2, -0.15) is 0 Å². The van der Waals surface area contributed by atoms with Crippen LogP contribution in [-0.2, 0) is 19.1 Å². The number of hydrogen-bond acceptors (Lipinski definition) is 7. The first-order valence-electron chi connectivity index (χ1n) is 8.30. The molecule has 0 amide bonds. The number of ether oxygens (including phenoxy) is 2. The van der Waals surface area contributed by atoms with Crippen LogP contribution in [-0.4, -0.2) is 30.2 Å². The molecule has 1 aromatic heterocycles. The van der Waals surface area contributed by atoms with Crippen molar-refractivity contribution in [1.82, 2.24) is 4.57 Å². The third-order valence-electron chi connectivity index (χ3n) is 4.08. The quantitative estimate of drug-likeness (QED) is 0.730. The second-order valence-corrected chi connectivity index (χ2v) is 6.75. The summed E-state index contributed by atoms with van der Waals surface area (Å²) in [6.07, 6.45) is 1.13. The fourth-order valence-electron chi connectivity index (χ4n) is 2.91. The Morgan fingerprint density at radius 2 is 2.00 bits per heavy atom. The molecule has 0 saturated carbocycles. The summed E-state index contributed by atoms with van der Waals surface area (Å²) >= 11 is 1.08. The first-order chi connectivity index (χ1) is 13.0. The lowest BCUT2D eigenvalue weighted by molar-refractivity contribution is -0.139. The van der Waals surface area contributed by atoms with Crippen LogP contribution in [0, 0.1) is 0 Å². The van der Waals surface area contributed by atoms with Crippen molar-refractivity contribution in [3.63, 3.8) is 0 Å². The van der Waals surface area contributed by atoms with Crippen LogP contribution >= 0.6 is 11.3 Å². The Balaban J connectivity index is 2.30. The van der Waals surface area contributed by atoms with Crippen molar-refractivity contribution in [3.05, 3.63) is 66.9 Å². The number of thiazole rings is 1. The summed E-state index contributed by atoms with van der Waals surface area (Å²) in [4.78, 5) is 42.0. The van der Waals surface area contributed by atoms with E-state index in [-0.39, 0.29) is 11.1 Å². The Hall–Kier alpha value is -3.00. The largest absolute Gasteiger partial charge is 0.466 e. The number of esters is 2. The van der Waals surface area contributed by atoms with Gasteiger partial charge in [-0.3, -0.25) is 9.36 Å². The third-order valence-corrected chi connectivity index (χ3v) is 5.07. The highest BCUT2D eigenvalue weighted by atomic mass is 32.1. The minimum Gasteiger partial charge on any atom is -0.466 e. The van der Waals surface area contributed by atoms with Crippen LogP contribution in [0.1, 0.15) is 25.5 Å². The Morgan fingerprint density at radius 1 is 1.30 bits per heavy atom. The highest BCUT2D eigenvalue weighted by Crippen LogP contribution is 2.30. The molecule has 2 aromatic rings. The number of carbonyl (C=O) groups is 2. The molecule has 0 bridgehead atoms. The summed E-state index contributed by atoms with van der Waals surface area (Å²) in [5.74, 6) is -1.15. The molecule has 1 atom stereocenters. The van der Waals surface area contributed by atoms with Gasteiger partial charge in [0.15, 0.2) is 4.80 Å². The number of carbonyl (C=O) groups excluding carboxylic acids is 2. The van der Waals surface area contributed by atoms with E-state index in [1.807, 2.05) is 30.3 Å². The molecule has 0 aliphatic carbocycles. The number of rotatable bonds is 4. The highest BCUT2D eigenvalue weighted by molar-refractivity contribution is 7.07. The Kier molecular flexibility index (Phi) is 5.36. The van der Waals surface area contributed by atoms with Gasteiger partial charge in [0.2, 0.25) is 0 Å². The molecule has 1 aliphatic rings. The molecule has 0 saturated heterocycles. The molecule has 7 nitrogen and oxygen atoms in total. The lowest BCUT2D eigenvalue weighted by Crippen LogP contribution is -2.40. The standard InChI is InChI=1S/C19H18N2O5S/c1-4-26-18(24)15-11(2)20-19-21(16(15)12-8-6-5-7-9-12)17(23)13(27-19)10-14(22)25-3/h5-10,16H,4H2,1-3H3. The molecule has 2 heterocycles. The van der Waals surface area contributed by atoms with E-state index >= 15 is 0 Å². The molecule has 1 aromatic carbocycles. The molecule has 8 heteroatoms. The Bertz CT molecular complexity index is 1100. The van der Waals surface area contributed by atoms with Gasteiger partial charge >= 0.3 is 11.9 Å². The smallest absolute Gasteiger partial charge is 0.338 e. The molecule has 1 unspecified atom stereocenters. The zero-order valence-electron chi connectivity index (χ0n) is 15.1. The zero-order chi connectivity index (χ0) is 19.6. The molecule has 1 aliphatic heterocycles. The summed E-state index contributed by atoms with van der Waals surface area (Å²) in [5.41, 5.74) is 1.13. The van der Waals surface area contributed by atoms with Gasteiger partial charge in [0.1, 0.15) is 4.53 Å². The number of benzene rings is 1. The highest BCUT2D eigenvalue weighted by Gasteiger charge is 2.33. The van der Waals surface area contributed by atoms with Crippen molar-refractivity contribution in [1.29, 1.82) is 0 Å². The van der Waals surface area contributed by atoms with Crippen molar-refractivity contribution in [3.8, 4) is 0 Å². The van der Waals surface area contributed by atoms with E-state index < -0.39 is 23.5 Å². The van der Waals surface area contributed by atoms with E-state index in [9.17, 15) is 14.4 Å². The van der Waals surface area contributed by atoms with E-state index in [0.29, 0.717) is 16.1 Å². The van der Waals surface area contributed by atoms with Crippen molar-refractivity contribution in [2.45, 2.75) is 19.9 Å². The number of nitrogens with zero attached hydrogens (tertiary/aromatic N) is 2. The fraction of sp³-hybridized carbons (Fsp3) is 0.263. The molecule has 0 fully saturated rings. The lowest BCUT2D eigenvalue weighted by Gasteiger charge is -2.24. The molecular weight excluding hydrogens is 368 g/mol. The average molecular weight is 386 g/mol. The van der Waals surface area contributed by atoms with E-state index in [1.165, 1.54) is 11.7 Å². The van der Waals surface area contributed by atoms with Gasteiger partial charge < -0.3 is 9.47 Å². The van der Waals surface area contributed by atoms with Gasteiger partial charge in [0.05, 0.1) is 31.0 Å². The van der Waals surface area contributed by atoms with Gasteiger partial charge in [-0.15, -0.1) is 0 Å². The maximum absolute atomic E-state index is 13.0. The van der Waals surface area contributed by atoms with Gasteiger partial charge in [0.25, 0.3) is 5.56 Å². The van der Waals surface area contributed by atoms with Crippen LogP contribution in [0.2, 0.25) is 0 Å². The molecular formula is C19H18N2O5S. The van der Waals surface area contributed by atoms with E-state index in [4.69, 9.17) is 4.74 Å². The lowest BCUT2D eigenvalue weighted by atomic mass is 9.96. The zero-order valence-corrected chi connectivity index (χ0v) is 15.9.